The number of alkyl halides is 1. The van der Waals surface area contributed by atoms with E-state index in [0.29, 0.717) is 20.9 Å². The maximum atomic E-state index is 11.2. The maximum Gasteiger partial charge on any atom is 0.337 e. The zero-order valence-corrected chi connectivity index (χ0v) is 10.4. The number of carbonyl (C=O) groups excluding carboxylic acids is 1. The van der Waals surface area contributed by atoms with Crippen LogP contribution in [0.3, 0.4) is 0 Å². The van der Waals surface area contributed by atoms with Gasteiger partial charge in [-0.15, -0.1) is 11.6 Å². The van der Waals surface area contributed by atoms with Crippen molar-refractivity contribution in [3.05, 3.63) is 32.8 Å². The first-order valence-corrected chi connectivity index (χ1v) is 5.43. The summed E-state index contributed by atoms with van der Waals surface area (Å²) < 4.78 is 5.28. The van der Waals surface area contributed by atoms with E-state index in [1.807, 2.05) is 0 Å². The van der Waals surface area contributed by atoms with E-state index in [2.05, 4.69) is 20.7 Å². The molecule has 1 aromatic carbocycles. The van der Waals surface area contributed by atoms with Crippen molar-refractivity contribution in [3.63, 3.8) is 0 Å². The molecule has 0 aliphatic heterocycles. The Morgan fingerprint density at radius 2 is 2.21 bits per heavy atom. The van der Waals surface area contributed by atoms with Gasteiger partial charge in [0.25, 0.3) is 0 Å². The molecule has 0 radical (unpaired) electrons. The fourth-order valence-electron chi connectivity index (χ4n) is 0.966. The molecule has 5 heteroatoms. The van der Waals surface area contributed by atoms with Crippen LogP contribution in [-0.4, -0.2) is 13.1 Å². The minimum atomic E-state index is -0.422. The average Bonchev–Trinajstić information content (AvgIpc) is 2.16. The fourth-order valence-corrected chi connectivity index (χ4v) is 2.48. The van der Waals surface area contributed by atoms with E-state index in [1.54, 1.807) is 6.07 Å². The van der Waals surface area contributed by atoms with Gasteiger partial charge in [-0.3, -0.25) is 0 Å². The molecule has 0 aliphatic rings. The van der Waals surface area contributed by atoms with Gasteiger partial charge in [0.15, 0.2) is 0 Å². The summed E-state index contributed by atoms with van der Waals surface area (Å²) in [7, 11) is 1.32. The largest absolute Gasteiger partial charge is 0.465 e. The number of rotatable bonds is 2. The van der Waals surface area contributed by atoms with Crippen LogP contribution in [0.15, 0.2) is 16.6 Å². The summed E-state index contributed by atoms with van der Waals surface area (Å²) >= 11 is 14.9. The molecular weight excluding hydrogens is 291 g/mol. The van der Waals surface area contributed by atoms with E-state index in [4.69, 9.17) is 23.2 Å². The molecule has 14 heavy (non-hydrogen) atoms. The number of halogens is 3. The summed E-state index contributed by atoms with van der Waals surface area (Å²) in [6.45, 7) is 0. The van der Waals surface area contributed by atoms with Crippen LogP contribution in [0.4, 0.5) is 0 Å². The Morgan fingerprint density at radius 1 is 1.57 bits per heavy atom. The van der Waals surface area contributed by atoms with E-state index < -0.39 is 5.97 Å². The monoisotopic (exact) mass is 296 g/mol. The van der Waals surface area contributed by atoms with Gasteiger partial charge in [0.1, 0.15) is 0 Å². The Labute approximate surface area is 100 Å². The Bertz CT molecular complexity index is 343. The van der Waals surface area contributed by atoms with E-state index in [0.717, 1.165) is 5.56 Å². The van der Waals surface area contributed by atoms with Gasteiger partial charge in [0, 0.05) is 15.4 Å². The van der Waals surface area contributed by atoms with Gasteiger partial charge in [-0.05, 0) is 17.7 Å². The molecular formula is C9H7BrCl2O2. The van der Waals surface area contributed by atoms with Crippen molar-refractivity contribution < 1.29 is 9.53 Å². The first-order chi connectivity index (χ1) is 6.60. The van der Waals surface area contributed by atoms with Gasteiger partial charge < -0.3 is 4.74 Å². The molecule has 0 bridgehead atoms. The molecule has 0 N–H and O–H groups in total. The summed E-state index contributed by atoms with van der Waals surface area (Å²) in [5.41, 5.74) is 1.17. The quantitative estimate of drug-likeness (QED) is 0.615. The van der Waals surface area contributed by atoms with Gasteiger partial charge in [-0.25, -0.2) is 4.79 Å². The lowest BCUT2D eigenvalue weighted by Gasteiger charge is -2.06. The number of methoxy groups -OCH3 is 1. The Hall–Kier alpha value is -0.250. The summed E-state index contributed by atoms with van der Waals surface area (Å²) in [4.78, 5) is 11.2. The van der Waals surface area contributed by atoms with Crippen molar-refractivity contribution in [2.75, 3.05) is 7.11 Å². The highest BCUT2D eigenvalue weighted by molar-refractivity contribution is 9.10. The number of esters is 1. The first kappa shape index (κ1) is 11.8. The molecule has 0 fully saturated rings. The molecule has 0 aromatic heterocycles. The lowest BCUT2D eigenvalue weighted by molar-refractivity contribution is 0.0600. The molecule has 76 valence electrons. The van der Waals surface area contributed by atoms with Crippen molar-refractivity contribution in [1.29, 1.82) is 0 Å². The average molecular weight is 298 g/mol. The fraction of sp³-hybridized carbons (Fsp3) is 0.222. The van der Waals surface area contributed by atoms with Crippen LogP contribution < -0.4 is 0 Å². The normalized spacial score (nSPS) is 10.0. The van der Waals surface area contributed by atoms with Gasteiger partial charge in [0.2, 0.25) is 0 Å². The van der Waals surface area contributed by atoms with Crippen LogP contribution in [0.25, 0.3) is 0 Å². The predicted molar refractivity (Wildman–Crippen MR) is 60.0 cm³/mol. The molecule has 0 spiro atoms. The predicted octanol–water partition coefficient (Wildman–Crippen LogP) is 3.63. The molecule has 1 rings (SSSR count). The van der Waals surface area contributed by atoms with Crippen molar-refractivity contribution >= 4 is 45.1 Å². The smallest absolute Gasteiger partial charge is 0.337 e. The van der Waals surface area contributed by atoms with Crippen LogP contribution in [0.1, 0.15) is 15.9 Å². The second kappa shape index (κ2) is 5.01. The van der Waals surface area contributed by atoms with E-state index in [-0.39, 0.29) is 0 Å². The van der Waals surface area contributed by atoms with E-state index >= 15 is 0 Å². The van der Waals surface area contributed by atoms with Crippen LogP contribution in [0.5, 0.6) is 0 Å². The summed E-state index contributed by atoms with van der Waals surface area (Å²) in [6, 6.07) is 3.17. The van der Waals surface area contributed by atoms with Crippen molar-refractivity contribution in [1.82, 2.24) is 0 Å². The third-order valence-corrected chi connectivity index (χ3v) is 3.01. The first-order valence-electron chi connectivity index (χ1n) is 3.72. The SMILES string of the molecule is COC(=O)c1cc(Cl)c(CCl)c(Br)c1. The third-order valence-electron chi connectivity index (χ3n) is 1.70. The van der Waals surface area contributed by atoms with Gasteiger partial charge in [0.05, 0.1) is 12.7 Å². The molecule has 2 nitrogen and oxygen atoms in total. The Kier molecular flexibility index (Phi) is 4.23. The van der Waals surface area contributed by atoms with Crippen molar-refractivity contribution in [3.8, 4) is 0 Å². The van der Waals surface area contributed by atoms with Gasteiger partial charge >= 0.3 is 5.97 Å². The topological polar surface area (TPSA) is 26.3 Å². The van der Waals surface area contributed by atoms with E-state index in [1.165, 1.54) is 13.2 Å². The zero-order valence-electron chi connectivity index (χ0n) is 7.31. The Balaban J connectivity index is 3.20. The second-order valence-corrected chi connectivity index (χ2v) is 4.07. The summed E-state index contributed by atoms with van der Waals surface area (Å²) in [5.74, 6) is -0.130. The van der Waals surface area contributed by atoms with Crippen LogP contribution in [0, 0.1) is 0 Å². The second-order valence-electron chi connectivity index (χ2n) is 2.54. The molecule has 0 amide bonds. The van der Waals surface area contributed by atoms with Crippen LogP contribution >= 0.6 is 39.1 Å². The zero-order chi connectivity index (χ0) is 10.7. The third kappa shape index (κ3) is 2.41. The van der Waals surface area contributed by atoms with Gasteiger partial charge in [-0.1, -0.05) is 27.5 Å². The van der Waals surface area contributed by atoms with Gasteiger partial charge in [-0.2, -0.15) is 0 Å². The lowest BCUT2D eigenvalue weighted by atomic mass is 10.1. The molecule has 0 unspecified atom stereocenters. The summed E-state index contributed by atoms with van der Waals surface area (Å²) in [5, 5.41) is 0.453. The lowest BCUT2D eigenvalue weighted by Crippen LogP contribution is -2.02. The maximum absolute atomic E-state index is 11.2. The van der Waals surface area contributed by atoms with E-state index in [9.17, 15) is 4.79 Å². The number of hydrogen-bond acceptors (Lipinski definition) is 2. The number of benzene rings is 1. The minimum absolute atomic E-state index is 0.293. The molecule has 0 saturated heterocycles. The highest BCUT2D eigenvalue weighted by Gasteiger charge is 2.11. The number of ether oxygens (including phenoxy) is 1. The molecule has 0 atom stereocenters. The molecule has 0 aliphatic carbocycles. The van der Waals surface area contributed by atoms with Crippen molar-refractivity contribution in [2.24, 2.45) is 0 Å². The van der Waals surface area contributed by atoms with Crippen LogP contribution in [-0.2, 0) is 10.6 Å². The number of carbonyl (C=O) groups is 1. The molecule has 1 aromatic rings. The minimum Gasteiger partial charge on any atom is -0.465 e. The number of hydrogen-bond donors (Lipinski definition) is 0. The molecule has 0 saturated carbocycles. The summed E-state index contributed by atoms with van der Waals surface area (Å²) in [6.07, 6.45) is 0. The Morgan fingerprint density at radius 3 is 2.64 bits per heavy atom. The van der Waals surface area contributed by atoms with Crippen LogP contribution in [0.2, 0.25) is 5.02 Å². The highest BCUT2D eigenvalue weighted by atomic mass is 79.9. The molecule has 0 heterocycles. The highest BCUT2D eigenvalue weighted by Crippen LogP contribution is 2.28. The standard InChI is InChI=1S/C9H7BrCl2O2/c1-14-9(13)5-2-7(10)6(4-11)8(12)3-5/h2-3H,4H2,1H3. The van der Waals surface area contributed by atoms with Crippen molar-refractivity contribution in [2.45, 2.75) is 5.88 Å².